The lowest BCUT2D eigenvalue weighted by Crippen LogP contribution is -2.26. The lowest BCUT2D eigenvalue weighted by Gasteiger charge is -2.23. The van der Waals surface area contributed by atoms with Crippen LogP contribution in [0.25, 0.3) is 0 Å². The third kappa shape index (κ3) is 2.99. The molecule has 1 aromatic carbocycles. The van der Waals surface area contributed by atoms with Crippen LogP contribution in [0.15, 0.2) is 24.3 Å². The first-order valence-electron chi connectivity index (χ1n) is 6.46. The number of hydrogen-bond donors (Lipinski definition) is 2. The van der Waals surface area contributed by atoms with E-state index in [2.05, 4.69) is 34.9 Å². The molecule has 2 atom stereocenters. The van der Waals surface area contributed by atoms with E-state index in [0.29, 0.717) is 12.0 Å². The summed E-state index contributed by atoms with van der Waals surface area (Å²) in [4.78, 5) is 0. The molecule has 1 aromatic rings. The van der Waals surface area contributed by atoms with Gasteiger partial charge in [0.15, 0.2) is 0 Å². The molecule has 0 bridgehead atoms. The minimum Gasteiger partial charge on any atom is -0.494 e. The summed E-state index contributed by atoms with van der Waals surface area (Å²) < 4.78 is 5.47. The van der Waals surface area contributed by atoms with E-state index in [0.717, 1.165) is 25.4 Å². The highest BCUT2D eigenvalue weighted by Crippen LogP contribution is 2.27. The average Bonchev–Trinajstić information content (AvgIpc) is 2.86. The Hall–Kier alpha value is -1.06. The fraction of sp³-hybridized carbons (Fsp3) is 0.571. The summed E-state index contributed by atoms with van der Waals surface area (Å²) in [7, 11) is 2.04. The van der Waals surface area contributed by atoms with Crippen LogP contribution >= 0.6 is 0 Å². The Morgan fingerprint density at radius 3 is 2.71 bits per heavy atom. The summed E-state index contributed by atoms with van der Waals surface area (Å²) in [6.45, 7) is 4.98. The SMILES string of the molecule is CCOc1ccc(C(NC)C2CCNC2)cc1. The number of benzene rings is 1. The van der Waals surface area contributed by atoms with Gasteiger partial charge in [0.2, 0.25) is 0 Å². The zero-order valence-corrected chi connectivity index (χ0v) is 10.7. The van der Waals surface area contributed by atoms with Gasteiger partial charge in [0.1, 0.15) is 5.75 Å². The van der Waals surface area contributed by atoms with Gasteiger partial charge >= 0.3 is 0 Å². The van der Waals surface area contributed by atoms with Crippen molar-refractivity contribution < 1.29 is 4.74 Å². The molecule has 3 nitrogen and oxygen atoms in total. The van der Waals surface area contributed by atoms with Crippen LogP contribution in [0.5, 0.6) is 5.75 Å². The Kier molecular flexibility index (Phi) is 4.40. The number of hydrogen-bond acceptors (Lipinski definition) is 3. The van der Waals surface area contributed by atoms with Crippen LogP contribution < -0.4 is 15.4 Å². The molecular formula is C14H22N2O. The standard InChI is InChI=1S/C14H22N2O/c1-3-17-13-6-4-11(5-7-13)14(15-2)12-8-9-16-10-12/h4-7,12,14-16H,3,8-10H2,1-2H3. The molecule has 0 aromatic heterocycles. The van der Waals surface area contributed by atoms with E-state index in [1.54, 1.807) is 0 Å². The van der Waals surface area contributed by atoms with Crippen molar-refractivity contribution in [2.75, 3.05) is 26.7 Å². The third-order valence-electron chi connectivity index (χ3n) is 3.43. The molecule has 1 saturated heterocycles. The molecule has 0 saturated carbocycles. The van der Waals surface area contributed by atoms with Gasteiger partial charge < -0.3 is 15.4 Å². The Labute approximate surface area is 104 Å². The predicted molar refractivity (Wildman–Crippen MR) is 70.4 cm³/mol. The molecule has 1 fully saturated rings. The Morgan fingerprint density at radius 2 is 2.18 bits per heavy atom. The van der Waals surface area contributed by atoms with Crippen molar-refractivity contribution in [3.8, 4) is 5.75 Å². The maximum atomic E-state index is 5.47. The van der Waals surface area contributed by atoms with Crippen LogP contribution in [0.2, 0.25) is 0 Å². The van der Waals surface area contributed by atoms with E-state index in [1.807, 2.05) is 14.0 Å². The fourth-order valence-corrected chi connectivity index (χ4v) is 2.57. The smallest absolute Gasteiger partial charge is 0.119 e. The van der Waals surface area contributed by atoms with Gasteiger partial charge in [-0.1, -0.05) is 12.1 Å². The molecule has 0 amide bonds. The van der Waals surface area contributed by atoms with Gasteiger partial charge in [-0.2, -0.15) is 0 Å². The molecular weight excluding hydrogens is 212 g/mol. The zero-order chi connectivity index (χ0) is 12.1. The minimum absolute atomic E-state index is 0.445. The van der Waals surface area contributed by atoms with E-state index in [9.17, 15) is 0 Å². The van der Waals surface area contributed by atoms with Crippen LogP contribution in [0.1, 0.15) is 24.9 Å². The van der Waals surface area contributed by atoms with Gasteiger partial charge in [-0.3, -0.25) is 0 Å². The quantitative estimate of drug-likeness (QED) is 0.817. The predicted octanol–water partition coefficient (Wildman–Crippen LogP) is 1.96. The Bertz CT molecular complexity index is 331. The van der Waals surface area contributed by atoms with Crippen LogP contribution in [0, 0.1) is 5.92 Å². The first-order chi connectivity index (χ1) is 8.35. The summed E-state index contributed by atoms with van der Waals surface area (Å²) >= 11 is 0. The van der Waals surface area contributed by atoms with Gasteiger partial charge in [0, 0.05) is 6.04 Å². The zero-order valence-electron chi connectivity index (χ0n) is 10.7. The molecule has 17 heavy (non-hydrogen) atoms. The van der Waals surface area contributed by atoms with E-state index in [-0.39, 0.29) is 0 Å². The molecule has 1 aliphatic heterocycles. The lowest BCUT2D eigenvalue weighted by molar-refractivity contribution is 0.339. The van der Waals surface area contributed by atoms with Crippen LogP contribution in [0.3, 0.4) is 0 Å². The monoisotopic (exact) mass is 234 g/mol. The van der Waals surface area contributed by atoms with Crippen LogP contribution in [-0.4, -0.2) is 26.7 Å². The average molecular weight is 234 g/mol. The second-order valence-electron chi connectivity index (χ2n) is 4.52. The molecule has 1 heterocycles. The highest BCUT2D eigenvalue weighted by atomic mass is 16.5. The van der Waals surface area contributed by atoms with Crippen molar-refractivity contribution in [1.29, 1.82) is 0 Å². The molecule has 94 valence electrons. The highest BCUT2D eigenvalue weighted by Gasteiger charge is 2.24. The largest absolute Gasteiger partial charge is 0.494 e. The Morgan fingerprint density at radius 1 is 1.41 bits per heavy atom. The molecule has 0 radical (unpaired) electrons. The van der Waals surface area contributed by atoms with Gasteiger partial charge in [-0.25, -0.2) is 0 Å². The van der Waals surface area contributed by atoms with E-state index >= 15 is 0 Å². The van der Waals surface area contributed by atoms with Gasteiger partial charge in [0.25, 0.3) is 0 Å². The van der Waals surface area contributed by atoms with Crippen molar-refractivity contribution >= 4 is 0 Å². The molecule has 2 rings (SSSR count). The van der Waals surface area contributed by atoms with Crippen LogP contribution in [0.4, 0.5) is 0 Å². The summed E-state index contributed by atoms with van der Waals surface area (Å²) in [5, 5.41) is 6.85. The minimum atomic E-state index is 0.445. The first kappa shape index (κ1) is 12.4. The van der Waals surface area contributed by atoms with E-state index < -0.39 is 0 Å². The van der Waals surface area contributed by atoms with E-state index in [4.69, 9.17) is 4.74 Å². The summed E-state index contributed by atoms with van der Waals surface area (Å²) in [5.74, 6) is 1.65. The fourth-order valence-electron chi connectivity index (χ4n) is 2.57. The maximum Gasteiger partial charge on any atom is 0.119 e. The van der Waals surface area contributed by atoms with Crippen molar-refractivity contribution in [1.82, 2.24) is 10.6 Å². The van der Waals surface area contributed by atoms with Crippen molar-refractivity contribution in [2.24, 2.45) is 5.92 Å². The Balaban J connectivity index is 2.07. The second-order valence-corrected chi connectivity index (χ2v) is 4.52. The first-order valence-corrected chi connectivity index (χ1v) is 6.46. The highest BCUT2D eigenvalue weighted by molar-refractivity contribution is 5.29. The molecule has 0 spiro atoms. The van der Waals surface area contributed by atoms with Crippen LogP contribution in [-0.2, 0) is 0 Å². The van der Waals surface area contributed by atoms with Crippen molar-refractivity contribution in [3.63, 3.8) is 0 Å². The topological polar surface area (TPSA) is 33.3 Å². The second kappa shape index (κ2) is 6.03. The molecule has 0 aliphatic carbocycles. The van der Waals surface area contributed by atoms with Gasteiger partial charge in [0.05, 0.1) is 6.61 Å². The summed E-state index contributed by atoms with van der Waals surface area (Å²) in [6, 6.07) is 8.91. The van der Waals surface area contributed by atoms with Crippen molar-refractivity contribution in [2.45, 2.75) is 19.4 Å². The molecule has 2 N–H and O–H groups in total. The number of ether oxygens (including phenoxy) is 1. The van der Waals surface area contributed by atoms with Crippen molar-refractivity contribution in [3.05, 3.63) is 29.8 Å². The molecule has 3 heteroatoms. The molecule has 1 aliphatic rings. The van der Waals surface area contributed by atoms with Gasteiger partial charge in [-0.05, 0) is 57.1 Å². The maximum absolute atomic E-state index is 5.47. The molecule has 2 unspecified atom stereocenters. The summed E-state index contributed by atoms with van der Waals surface area (Å²) in [6.07, 6.45) is 1.25. The number of rotatable bonds is 5. The van der Waals surface area contributed by atoms with E-state index in [1.165, 1.54) is 12.0 Å². The van der Waals surface area contributed by atoms with Gasteiger partial charge in [-0.15, -0.1) is 0 Å². The summed E-state index contributed by atoms with van der Waals surface area (Å²) in [5.41, 5.74) is 1.35. The third-order valence-corrected chi connectivity index (χ3v) is 3.43. The lowest BCUT2D eigenvalue weighted by atomic mass is 9.92. The normalized spacial score (nSPS) is 21.4. The number of nitrogens with one attached hydrogen (secondary N) is 2.